The number of aliphatic carboxylic acids is 1. The van der Waals surface area contributed by atoms with Crippen molar-refractivity contribution in [3.63, 3.8) is 0 Å². The number of hydrogen-bond donors (Lipinski definition) is 1. The second kappa shape index (κ2) is 8.42. The van der Waals surface area contributed by atoms with Gasteiger partial charge in [0, 0.05) is 24.1 Å². The molecule has 126 valence electrons. The summed E-state index contributed by atoms with van der Waals surface area (Å²) in [4.78, 5) is 26.6. The molecule has 0 spiro atoms. The molecule has 1 N–H and O–H groups in total. The van der Waals surface area contributed by atoms with Crippen molar-refractivity contribution in [3.8, 4) is 0 Å². The summed E-state index contributed by atoms with van der Waals surface area (Å²) < 4.78 is 6.60. The van der Waals surface area contributed by atoms with E-state index < -0.39 is 5.97 Å². The molecule has 23 heavy (non-hydrogen) atoms. The summed E-state index contributed by atoms with van der Waals surface area (Å²) in [5.41, 5.74) is 0.968. The minimum absolute atomic E-state index is 0.0359. The summed E-state index contributed by atoms with van der Waals surface area (Å²) in [6, 6.07) is 7.71. The topological polar surface area (TPSA) is 70.1 Å². The lowest BCUT2D eigenvalue weighted by Gasteiger charge is -2.34. The number of benzene rings is 1. The monoisotopic (exact) mass is 384 g/mol. The molecule has 1 unspecified atom stereocenters. The van der Waals surface area contributed by atoms with E-state index in [2.05, 4.69) is 15.9 Å². The number of ether oxygens (including phenoxy) is 1. The van der Waals surface area contributed by atoms with Crippen LogP contribution in [0.2, 0.25) is 0 Å². The lowest BCUT2D eigenvalue weighted by molar-refractivity contribution is -0.142. The molecule has 1 fully saturated rings. The molecule has 0 aromatic heterocycles. The first kappa shape index (κ1) is 17.9. The Morgan fingerprint density at radius 3 is 2.96 bits per heavy atom. The number of hydrogen-bond acceptors (Lipinski definition) is 4. The van der Waals surface area contributed by atoms with Crippen LogP contribution in [-0.2, 0) is 20.7 Å². The van der Waals surface area contributed by atoms with Gasteiger partial charge in [0.1, 0.15) is 0 Å². The zero-order valence-electron chi connectivity index (χ0n) is 13.1. The first-order chi connectivity index (χ1) is 10.9. The molecule has 6 nitrogen and oxygen atoms in total. The average Bonchev–Trinajstić information content (AvgIpc) is 2.46. The van der Waals surface area contributed by atoms with Crippen LogP contribution in [0.5, 0.6) is 0 Å². The van der Waals surface area contributed by atoms with Gasteiger partial charge in [-0.1, -0.05) is 28.1 Å². The quantitative estimate of drug-likeness (QED) is 0.798. The van der Waals surface area contributed by atoms with E-state index in [1.807, 2.05) is 24.3 Å². The Bertz CT molecular complexity index is 567. The summed E-state index contributed by atoms with van der Waals surface area (Å²) in [7, 11) is 1.74. The minimum Gasteiger partial charge on any atom is -0.480 e. The van der Waals surface area contributed by atoms with Gasteiger partial charge < -0.3 is 14.7 Å². The zero-order valence-corrected chi connectivity index (χ0v) is 14.7. The van der Waals surface area contributed by atoms with E-state index in [9.17, 15) is 9.59 Å². The number of likely N-dealkylation sites (N-methyl/N-ethyl adjacent to an activating group) is 1. The third-order valence-corrected chi connectivity index (χ3v) is 4.15. The number of amides is 1. The number of carbonyl (C=O) groups is 2. The van der Waals surface area contributed by atoms with Gasteiger partial charge in [-0.2, -0.15) is 0 Å². The van der Waals surface area contributed by atoms with Gasteiger partial charge in [0.2, 0.25) is 5.91 Å². The molecule has 0 aliphatic carbocycles. The second-order valence-corrected chi connectivity index (χ2v) is 6.65. The molecule has 0 bridgehead atoms. The van der Waals surface area contributed by atoms with E-state index >= 15 is 0 Å². The van der Waals surface area contributed by atoms with Gasteiger partial charge >= 0.3 is 5.97 Å². The van der Waals surface area contributed by atoms with Crippen molar-refractivity contribution in [2.45, 2.75) is 12.5 Å². The summed E-state index contributed by atoms with van der Waals surface area (Å²) in [6.45, 7) is 2.01. The smallest absolute Gasteiger partial charge is 0.317 e. The first-order valence-electron chi connectivity index (χ1n) is 7.48. The molecular weight excluding hydrogens is 364 g/mol. The van der Waals surface area contributed by atoms with E-state index in [1.54, 1.807) is 16.8 Å². The maximum Gasteiger partial charge on any atom is 0.317 e. The molecule has 1 aliphatic heterocycles. The predicted octanol–water partition coefficient (Wildman–Crippen LogP) is 1.24. The molecule has 0 radical (unpaired) electrons. The average molecular weight is 385 g/mol. The van der Waals surface area contributed by atoms with Gasteiger partial charge in [-0.3, -0.25) is 14.5 Å². The Balaban J connectivity index is 1.87. The van der Waals surface area contributed by atoms with E-state index in [1.165, 1.54) is 0 Å². The van der Waals surface area contributed by atoms with Crippen molar-refractivity contribution < 1.29 is 19.4 Å². The van der Waals surface area contributed by atoms with Gasteiger partial charge in [-0.25, -0.2) is 0 Å². The highest BCUT2D eigenvalue weighted by atomic mass is 79.9. The minimum atomic E-state index is -0.870. The predicted molar refractivity (Wildman–Crippen MR) is 89.3 cm³/mol. The molecule has 1 aliphatic rings. The molecule has 1 amide bonds. The van der Waals surface area contributed by atoms with Gasteiger partial charge in [0.25, 0.3) is 0 Å². The van der Waals surface area contributed by atoms with Crippen molar-refractivity contribution in [2.24, 2.45) is 0 Å². The van der Waals surface area contributed by atoms with Gasteiger partial charge in [-0.15, -0.1) is 0 Å². The Labute approximate surface area is 144 Å². The van der Waals surface area contributed by atoms with Gasteiger partial charge in [-0.05, 0) is 24.7 Å². The van der Waals surface area contributed by atoms with Crippen LogP contribution < -0.4 is 0 Å². The lowest BCUT2D eigenvalue weighted by Crippen LogP contribution is -2.50. The molecule has 1 aromatic carbocycles. The third kappa shape index (κ3) is 5.93. The number of morpholine rings is 1. The van der Waals surface area contributed by atoms with Crippen LogP contribution in [0.25, 0.3) is 0 Å². The number of carboxylic acids is 1. The van der Waals surface area contributed by atoms with Crippen molar-refractivity contribution in [1.82, 2.24) is 9.80 Å². The number of carboxylic acid groups (broad SMARTS) is 1. The molecule has 1 heterocycles. The number of halogens is 1. The molecule has 7 heteroatoms. The van der Waals surface area contributed by atoms with Crippen LogP contribution in [0.4, 0.5) is 0 Å². The normalized spacial score (nSPS) is 18.2. The van der Waals surface area contributed by atoms with Crippen LogP contribution >= 0.6 is 15.9 Å². The lowest BCUT2D eigenvalue weighted by atomic mass is 10.1. The Kier molecular flexibility index (Phi) is 6.56. The molecule has 1 aromatic rings. The molecule has 1 atom stereocenters. The SMILES string of the molecule is CN(CC(=O)O)CC1CN(C(=O)Cc2cccc(Br)c2)CCO1. The maximum absolute atomic E-state index is 12.4. The largest absolute Gasteiger partial charge is 0.480 e. The van der Waals surface area contributed by atoms with Crippen molar-refractivity contribution in [1.29, 1.82) is 0 Å². The molecule has 0 saturated carbocycles. The van der Waals surface area contributed by atoms with Crippen LogP contribution in [0.3, 0.4) is 0 Å². The van der Waals surface area contributed by atoms with E-state index in [-0.39, 0.29) is 18.6 Å². The Hall–Kier alpha value is -1.44. The van der Waals surface area contributed by atoms with Crippen LogP contribution in [0.1, 0.15) is 5.56 Å². The standard InChI is InChI=1S/C16H21BrN2O4/c1-18(11-16(21)22)9-14-10-19(5-6-23-14)15(20)8-12-3-2-4-13(17)7-12/h2-4,7,14H,5-6,8-11H2,1H3,(H,21,22). The van der Waals surface area contributed by atoms with Crippen molar-refractivity contribution >= 4 is 27.8 Å². The van der Waals surface area contributed by atoms with Crippen molar-refractivity contribution in [3.05, 3.63) is 34.3 Å². The van der Waals surface area contributed by atoms with E-state index in [4.69, 9.17) is 9.84 Å². The summed E-state index contributed by atoms with van der Waals surface area (Å²) >= 11 is 3.41. The van der Waals surface area contributed by atoms with Gasteiger partial charge in [0.05, 0.1) is 25.7 Å². The van der Waals surface area contributed by atoms with Gasteiger partial charge in [0.15, 0.2) is 0 Å². The Morgan fingerprint density at radius 2 is 2.26 bits per heavy atom. The number of nitrogens with zero attached hydrogens (tertiary/aromatic N) is 2. The molecular formula is C16H21BrN2O4. The zero-order chi connectivity index (χ0) is 16.8. The molecule has 1 saturated heterocycles. The first-order valence-corrected chi connectivity index (χ1v) is 8.27. The summed E-state index contributed by atoms with van der Waals surface area (Å²) in [5.74, 6) is -0.803. The summed E-state index contributed by atoms with van der Waals surface area (Å²) in [5, 5.41) is 8.79. The summed E-state index contributed by atoms with van der Waals surface area (Å²) in [6.07, 6.45) is 0.205. The third-order valence-electron chi connectivity index (χ3n) is 3.66. The van der Waals surface area contributed by atoms with Crippen molar-refractivity contribution in [2.75, 3.05) is 39.8 Å². The van der Waals surface area contributed by atoms with Crippen LogP contribution in [0, 0.1) is 0 Å². The molecule has 2 rings (SSSR count). The number of rotatable bonds is 6. The fourth-order valence-corrected chi connectivity index (χ4v) is 3.08. The highest BCUT2D eigenvalue weighted by Crippen LogP contribution is 2.14. The number of carbonyl (C=O) groups excluding carboxylic acids is 1. The fourth-order valence-electron chi connectivity index (χ4n) is 2.63. The Morgan fingerprint density at radius 1 is 1.48 bits per heavy atom. The van der Waals surface area contributed by atoms with Crippen LogP contribution in [-0.4, -0.2) is 72.7 Å². The second-order valence-electron chi connectivity index (χ2n) is 5.73. The van der Waals surface area contributed by atoms with E-state index in [0.29, 0.717) is 32.7 Å². The highest BCUT2D eigenvalue weighted by molar-refractivity contribution is 9.10. The highest BCUT2D eigenvalue weighted by Gasteiger charge is 2.25. The van der Waals surface area contributed by atoms with E-state index in [0.717, 1.165) is 10.0 Å². The maximum atomic E-state index is 12.4. The fraction of sp³-hybridized carbons (Fsp3) is 0.500. The van der Waals surface area contributed by atoms with Crippen LogP contribution in [0.15, 0.2) is 28.7 Å².